The van der Waals surface area contributed by atoms with Gasteiger partial charge < -0.3 is 19.7 Å². The quantitative estimate of drug-likeness (QED) is 0.383. The average Bonchev–Trinajstić information content (AvgIpc) is 3.80. The SMILES string of the molecule is O=C(CN1c2nc(NC[C@H]3OCN4CC34)cc(=O)n2CC[C@H]1C(F)(F)F)c1cnc(OCC2CC2)nc1. The fraction of sp³-hybridized carbons (Fsp3) is 0.609. The molecule has 0 amide bonds. The zero-order chi connectivity index (χ0) is 25.7. The predicted molar refractivity (Wildman–Crippen MR) is 124 cm³/mol. The highest BCUT2D eigenvalue weighted by molar-refractivity contribution is 5.98. The van der Waals surface area contributed by atoms with Crippen molar-refractivity contribution in [3.05, 3.63) is 34.4 Å². The Kier molecular flexibility index (Phi) is 6.02. The van der Waals surface area contributed by atoms with E-state index in [4.69, 9.17) is 9.47 Å². The van der Waals surface area contributed by atoms with Crippen LogP contribution in [0.4, 0.5) is 24.9 Å². The number of alkyl halides is 3. The number of anilines is 2. The second-order valence-electron chi connectivity index (χ2n) is 9.89. The normalized spacial score (nSPS) is 26.4. The van der Waals surface area contributed by atoms with Crippen LogP contribution in [0.15, 0.2) is 23.3 Å². The van der Waals surface area contributed by atoms with Crippen LogP contribution in [0.2, 0.25) is 0 Å². The van der Waals surface area contributed by atoms with Crippen LogP contribution in [0.3, 0.4) is 0 Å². The molecule has 3 fully saturated rings. The van der Waals surface area contributed by atoms with Gasteiger partial charge in [-0.25, -0.2) is 9.97 Å². The molecule has 0 aromatic carbocycles. The molecule has 0 bridgehead atoms. The van der Waals surface area contributed by atoms with Gasteiger partial charge in [0, 0.05) is 38.1 Å². The summed E-state index contributed by atoms with van der Waals surface area (Å²) in [7, 11) is 0. The van der Waals surface area contributed by atoms with Crippen LogP contribution in [0.25, 0.3) is 0 Å². The molecule has 5 heterocycles. The Balaban J connectivity index is 1.22. The number of hydrogen-bond donors (Lipinski definition) is 1. The minimum Gasteiger partial charge on any atom is -0.463 e. The summed E-state index contributed by atoms with van der Waals surface area (Å²) >= 11 is 0. The fourth-order valence-corrected chi connectivity index (χ4v) is 4.74. The van der Waals surface area contributed by atoms with Crippen molar-refractivity contribution in [1.82, 2.24) is 24.4 Å². The fourth-order valence-electron chi connectivity index (χ4n) is 4.74. The number of carbonyl (C=O) groups is 1. The number of hydrogen-bond acceptors (Lipinski definition) is 10. The molecule has 2 aromatic heterocycles. The number of aromatic nitrogens is 4. The molecule has 2 aromatic rings. The van der Waals surface area contributed by atoms with E-state index >= 15 is 0 Å². The summed E-state index contributed by atoms with van der Waals surface area (Å²) in [5.41, 5.74) is -0.452. The van der Waals surface area contributed by atoms with Crippen LogP contribution in [0, 0.1) is 5.92 Å². The second-order valence-corrected chi connectivity index (χ2v) is 9.89. The van der Waals surface area contributed by atoms with Crippen LogP contribution >= 0.6 is 0 Å². The van der Waals surface area contributed by atoms with E-state index in [2.05, 4.69) is 25.2 Å². The number of nitrogens with zero attached hydrogens (tertiary/aromatic N) is 6. The van der Waals surface area contributed by atoms with Gasteiger partial charge in [-0.2, -0.15) is 18.2 Å². The summed E-state index contributed by atoms with van der Waals surface area (Å²) in [6.07, 6.45) is -0.423. The summed E-state index contributed by atoms with van der Waals surface area (Å²) < 4.78 is 54.3. The van der Waals surface area contributed by atoms with E-state index in [-0.39, 0.29) is 42.4 Å². The van der Waals surface area contributed by atoms with Crippen LogP contribution in [-0.2, 0) is 11.3 Å². The topological polar surface area (TPSA) is 114 Å². The number of fused-ring (bicyclic) bond motifs is 2. The Morgan fingerprint density at radius 3 is 2.65 bits per heavy atom. The number of ether oxygens (including phenoxy) is 2. The molecule has 3 aliphatic heterocycles. The molecule has 1 N–H and O–H groups in total. The minimum atomic E-state index is -4.63. The van der Waals surface area contributed by atoms with E-state index in [0.29, 0.717) is 31.8 Å². The molecule has 4 aliphatic rings. The number of nitrogens with one attached hydrogen (secondary N) is 1. The van der Waals surface area contributed by atoms with E-state index in [1.807, 2.05) is 0 Å². The molecule has 11 nitrogen and oxygen atoms in total. The minimum absolute atomic E-state index is 0.0424. The van der Waals surface area contributed by atoms with Gasteiger partial charge in [-0.05, 0) is 25.2 Å². The highest BCUT2D eigenvalue weighted by Gasteiger charge is 2.48. The lowest BCUT2D eigenvalue weighted by Crippen LogP contribution is -2.54. The molecule has 4 atom stereocenters. The van der Waals surface area contributed by atoms with E-state index in [1.165, 1.54) is 23.0 Å². The number of rotatable bonds is 9. The third-order valence-electron chi connectivity index (χ3n) is 7.16. The zero-order valence-electron chi connectivity index (χ0n) is 19.9. The lowest BCUT2D eigenvalue weighted by Gasteiger charge is -2.38. The van der Waals surface area contributed by atoms with Gasteiger partial charge >= 0.3 is 12.2 Å². The van der Waals surface area contributed by atoms with Crippen LogP contribution in [0.5, 0.6) is 6.01 Å². The number of halogens is 3. The van der Waals surface area contributed by atoms with E-state index in [1.54, 1.807) is 0 Å². The van der Waals surface area contributed by atoms with Crippen LogP contribution < -0.4 is 20.5 Å². The maximum atomic E-state index is 14.0. The third kappa shape index (κ3) is 5.12. The first-order valence-corrected chi connectivity index (χ1v) is 12.3. The summed E-state index contributed by atoms with van der Waals surface area (Å²) in [6, 6.07) is -0.295. The molecule has 14 heteroatoms. The highest BCUT2D eigenvalue weighted by Crippen LogP contribution is 2.34. The van der Waals surface area contributed by atoms with Crippen molar-refractivity contribution in [2.75, 3.05) is 43.2 Å². The van der Waals surface area contributed by atoms with Crippen molar-refractivity contribution < 1.29 is 27.4 Å². The Labute approximate surface area is 209 Å². The van der Waals surface area contributed by atoms with E-state index in [0.717, 1.165) is 24.3 Å². The zero-order valence-corrected chi connectivity index (χ0v) is 19.9. The lowest BCUT2D eigenvalue weighted by atomic mass is 10.1. The third-order valence-corrected chi connectivity index (χ3v) is 7.16. The first kappa shape index (κ1) is 24.1. The Hall–Kier alpha value is -3.26. The van der Waals surface area contributed by atoms with Crippen LogP contribution in [0.1, 0.15) is 29.6 Å². The van der Waals surface area contributed by atoms with E-state index < -0.39 is 30.1 Å². The second kappa shape index (κ2) is 9.24. The average molecular weight is 522 g/mol. The van der Waals surface area contributed by atoms with Gasteiger partial charge in [-0.3, -0.25) is 19.1 Å². The van der Waals surface area contributed by atoms with Crippen molar-refractivity contribution >= 4 is 17.5 Å². The maximum Gasteiger partial charge on any atom is 0.408 e. The van der Waals surface area contributed by atoms with Crippen molar-refractivity contribution in [2.45, 2.75) is 50.2 Å². The van der Waals surface area contributed by atoms with Gasteiger partial charge in [0.2, 0.25) is 5.95 Å². The van der Waals surface area contributed by atoms with E-state index in [9.17, 15) is 22.8 Å². The van der Waals surface area contributed by atoms with Gasteiger partial charge in [0.15, 0.2) is 5.78 Å². The standard InChI is InChI=1S/C23H26F3N7O4/c24-23(25,26)18-3-4-32-20(35)5-19(27-8-17-15-9-31(15)12-37-17)30-22(32)33(18)10-16(34)14-6-28-21(29-7-14)36-11-13-1-2-13/h5-7,13,15,17-18,27H,1-4,8-12H2/t15?,17-,18+,31?/m1/s1. The molecule has 0 spiro atoms. The molecular formula is C23H26F3N7O4. The van der Waals surface area contributed by atoms with Gasteiger partial charge in [-0.15, -0.1) is 0 Å². The Morgan fingerprint density at radius 2 is 2.00 bits per heavy atom. The van der Waals surface area contributed by atoms with Crippen molar-refractivity contribution in [3.63, 3.8) is 0 Å². The van der Waals surface area contributed by atoms with Crippen molar-refractivity contribution in [1.29, 1.82) is 0 Å². The number of carbonyl (C=O) groups excluding carboxylic acids is 1. The summed E-state index contributed by atoms with van der Waals surface area (Å²) in [5, 5.41) is 3.02. The van der Waals surface area contributed by atoms with Gasteiger partial charge in [0.25, 0.3) is 5.56 Å². The summed E-state index contributed by atoms with van der Waals surface area (Å²) in [6.45, 7) is 1.54. The molecule has 198 valence electrons. The molecule has 2 saturated heterocycles. The molecule has 2 unspecified atom stereocenters. The number of ketones is 1. The predicted octanol–water partition coefficient (Wildman–Crippen LogP) is 1.30. The van der Waals surface area contributed by atoms with Gasteiger partial charge in [0.05, 0.1) is 37.6 Å². The molecule has 37 heavy (non-hydrogen) atoms. The van der Waals surface area contributed by atoms with Gasteiger partial charge in [-0.1, -0.05) is 0 Å². The molecule has 0 radical (unpaired) electrons. The summed E-state index contributed by atoms with van der Waals surface area (Å²) in [4.78, 5) is 41.1. The van der Waals surface area contributed by atoms with Crippen LogP contribution in [-0.4, -0.2) is 87.5 Å². The van der Waals surface area contributed by atoms with Crippen molar-refractivity contribution in [3.8, 4) is 6.01 Å². The molecule has 1 aliphatic carbocycles. The lowest BCUT2D eigenvalue weighted by molar-refractivity contribution is -0.152. The summed E-state index contributed by atoms with van der Waals surface area (Å²) in [5.74, 6) is -0.202. The monoisotopic (exact) mass is 521 g/mol. The first-order valence-electron chi connectivity index (χ1n) is 12.3. The number of Topliss-reactive ketones (excluding diaryl/α,β-unsaturated/α-hetero) is 1. The van der Waals surface area contributed by atoms with Gasteiger partial charge in [0.1, 0.15) is 11.9 Å². The smallest absolute Gasteiger partial charge is 0.408 e. The van der Waals surface area contributed by atoms with Crippen molar-refractivity contribution in [2.24, 2.45) is 5.92 Å². The largest absolute Gasteiger partial charge is 0.463 e. The molecular weight excluding hydrogens is 495 g/mol. The maximum absolute atomic E-state index is 14.0. The Morgan fingerprint density at radius 1 is 1.22 bits per heavy atom. The highest BCUT2D eigenvalue weighted by atomic mass is 19.4. The Bertz CT molecular complexity index is 1230. The molecule has 1 saturated carbocycles. The first-order chi connectivity index (χ1) is 17.8. The molecule has 6 rings (SSSR count).